The summed E-state index contributed by atoms with van der Waals surface area (Å²) in [7, 11) is 0. The number of hydrogen-bond acceptors (Lipinski definition) is 7. The van der Waals surface area contributed by atoms with E-state index in [1.54, 1.807) is 32.0 Å². The van der Waals surface area contributed by atoms with Crippen molar-refractivity contribution in [3.8, 4) is 0 Å². The number of anilines is 3. The number of nitrogens with zero attached hydrogens (tertiary/aromatic N) is 6. The van der Waals surface area contributed by atoms with Gasteiger partial charge < -0.3 is 19.8 Å². The van der Waals surface area contributed by atoms with Crippen molar-refractivity contribution in [2.75, 3.05) is 36.0 Å². The Labute approximate surface area is 249 Å². The van der Waals surface area contributed by atoms with Gasteiger partial charge in [0.1, 0.15) is 17.3 Å². The average Bonchev–Trinajstić information content (AvgIpc) is 3.53. The molecule has 1 saturated carbocycles. The zero-order chi connectivity index (χ0) is 30.0. The minimum atomic E-state index is -0.988. The van der Waals surface area contributed by atoms with Crippen LogP contribution < -0.4 is 9.80 Å². The molecular weight excluding hydrogens is 559 g/mol. The second-order valence-electron chi connectivity index (χ2n) is 12.4. The Hall–Kier alpha value is -3.79. The minimum absolute atomic E-state index is 0.0711. The molecule has 2 fully saturated rings. The standard InChI is InChI=1S/C31H34ClFN6O3/c1-18-13-24(35-19(2)25(18)29(41)42)37-11-12-39(30(3,4)16-37)28(40)23-15-34-27-26(36-23)31(9-5-6-10-31)17-38(27)20-7-8-21(32)22(33)14-20/h7-8,13-15H,5-6,9-12,16-17H2,1-4H3,(H,41,42). The number of aromatic carboxylic acids is 1. The molecule has 0 bridgehead atoms. The fourth-order valence-electron chi connectivity index (χ4n) is 6.97. The highest BCUT2D eigenvalue weighted by Crippen LogP contribution is 2.51. The van der Waals surface area contributed by atoms with Crippen molar-refractivity contribution in [2.24, 2.45) is 0 Å². The zero-order valence-electron chi connectivity index (χ0n) is 24.2. The second kappa shape index (κ2) is 10.2. The van der Waals surface area contributed by atoms with Crippen LogP contribution in [0.3, 0.4) is 0 Å². The van der Waals surface area contributed by atoms with Gasteiger partial charge in [-0.05, 0) is 70.4 Å². The maximum Gasteiger partial charge on any atom is 0.337 e. The van der Waals surface area contributed by atoms with Gasteiger partial charge in [-0.25, -0.2) is 24.1 Å². The molecule has 2 aromatic heterocycles. The number of fused-ring (bicyclic) bond motifs is 2. The number of carboxylic acid groups (broad SMARTS) is 1. The van der Waals surface area contributed by atoms with Crippen LogP contribution in [-0.2, 0) is 5.41 Å². The molecule has 1 spiro atoms. The normalized spacial score (nSPS) is 19.0. The fourth-order valence-corrected chi connectivity index (χ4v) is 7.08. The van der Waals surface area contributed by atoms with Crippen molar-refractivity contribution in [3.63, 3.8) is 0 Å². The number of piperazine rings is 1. The van der Waals surface area contributed by atoms with Crippen LogP contribution in [-0.4, -0.2) is 68.6 Å². The molecule has 11 heteroatoms. The molecule has 1 aromatic carbocycles. The van der Waals surface area contributed by atoms with E-state index in [4.69, 9.17) is 21.6 Å². The molecule has 9 nitrogen and oxygen atoms in total. The number of rotatable bonds is 4. The summed E-state index contributed by atoms with van der Waals surface area (Å²) < 4.78 is 14.4. The molecule has 0 atom stereocenters. The van der Waals surface area contributed by atoms with Gasteiger partial charge in [-0.15, -0.1) is 0 Å². The lowest BCUT2D eigenvalue weighted by Gasteiger charge is -2.47. The summed E-state index contributed by atoms with van der Waals surface area (Å²) in [6, 6.07) is 6.57. The van der Waals surface area contributed by atoms with Gasteiger partial charge in [-0.1, -0.05) is 24.4 Å². The van der Waals surface area contributed by atoms with Crippen LogP contribution >= 0.6 is 11.6 Å². The molecule has 1 amide bonds. The predicted octanol–water partition coefficient (Wildman–Crippen LogP) is 5.68. The number of hydrogen-bond donors (Lipinski definition) is 1. The van der Waals surface area contributed by atoms with E-state index in [-0.39, 0.29) is 21.9 Å². The van der Waals surface area contributed by atoms with Gasteiger partial charge in [-0.2, -0.15) is 0 Å². The molecule has 220 valence electrons. The number of aryl methyl sites for hydroxylation is 2. The second-order valence-corrected chi connectivity index (χ2v) is 12.8. The molecule has 0 radical (unpaired) electrons. The average molecular weight is 593 g/mol. The number of halogens is 2. The number of pyridine rings is 1. The number of amides is 1. The van der Waals surface area contributed by atoms with Crippen LogP contribution in [0.4, 0.5) is 21.7 Å². The van der Waals surface area contributed by atoms with E-state index in [1.807, 2.05) is 23.6 Å². The van der Waals surface area contributed by atoms with Crippen molar-refractivity contribution in [3.05, 3.63) is 69.5 Å². The summed E-state index contributed by atoms with van der Waals surface area (Å²) >= 11 is 5.94. The van der Waals surface area contributed by atoms with Crippen molar-refractivity contribution in [1.82, 2.24) is 19.9 Å². The lowest BCUT2D eigenvalue weighted by Crippen LogP contribution is -2.61. The molecule has 1 saturated heterocycles. The van der Waals surface area contributed by atoms with Crippen LogP contribution in [0.2, 0.25) is 5.02 Å². The SMILES string of the molecule is Cc1cc(N2CCN(C(=O)c3cnc4c(n3)C3(CCCC3)CN4c3ccc(Cl)c(F)c3)C(C)(C)C2)nc(C)c1C(=O)O. The molecule has 42 heavy (non-hydrogen) atoms. The maximum absolute atomic E-state index is 14.4. The Kier molecular flexibility index (Phi) is 6.87. The topological polar surface area (TPSA) is 103 Å². The number of carboxylic acids is 1. The molecule has 3 aromatic rings. The molecule has 3 aliphatic rings. The number of benzene rings is 1. The monoisotopic (exact) mass is 592 g/mol. The van der Waals surface area contributed by atoms with E-state index in [1.165, 1.54) is 12.3 Å². The molecular formula is C31H34ClFN6O3. The van der Waals surface area contributed by atoms with E-state index in [0.717, 1.165) is 31.4 Å². The van der Waals surface area contributed by atoms with Crippen LogP contribution in [0.1, 0.15) is 77.3 Å². The van der Waals surface area contributed by atoms with E-state index >= 15 is 0 Å². The summed E-state index contributed by atoms with van der Waals surface area (Å²) in [5.41, 5.74) is 2.36. The van der Waals surface area contributed by atoms with Gasteiger partial charge in [0.25, 0.3) is 5.91 Å². The van der Waals surface area contributed by atoms with Gasteiger partial charge in [-0.3, -0.25) is 4.79 Å². The van der Waals surface area contributed by atoms with Gasteiger partial charge >= 0.3 is 5.97 Å². The van der Waals surface area contributed by atoms with Gasteiger partial charge in [0.2, 0.25) is 0 Å². The molecule has 2 aliphatic heterocycles. The highest BCUT2D eigenvalue weighted by atomic mass is 35.5. The van der Waals surface area contributed by atoms with Crippen LogP contribution in [0, 0.1) is 19.7 Å². The smallest absolute Gasteiger partial charge is 0.337 e. The van der Waals surface area contributed by atoms with Gasteiger partial charge in [0, 0.05) is 37.3 Å². The Bertz CT molecular complexity index is 1580. The Morgan fingerprint density at radius 1 is 1.05 bits per heavy atom. The number of carbonyl (C=O) groups is 2. The third kappa shape index (κ3) is 4.65. The summed E-state index contributed by atoms with van der Waals surface area (Å²) in [6.07, 6.45) is 5.55. The minimum Gasteiger partial charge on any atom is -0.478 e. The number of carbonyl (C=O) groups excluding carboxylic acids is 1. The molecule has 0 unspecified atom stereocenters. The number of aromatic nitrogens is 3. The first-order valence-corrected chi connectivity index (χ1v) is 14.7. The Balaban J connectivity index is 1.28. The fraction of sp³-hybridized carbons (Fsp3) is 0.452. The van der Waals surface area contributed by atoms with E-state index in [0.29, 0.717) is 60.5 Å². The summed E-state index contributed by atoms with van der Waals surface area (Å²) in [5, 5.41) is 9.59. The van der Waals surface area contributed by atoms with E-state index in [2.05, 4.69) is 9.88 Å². The van der Waals surface area contributed by atoms with Crippen molar-refractivity contribution in [1.29, 1.82) is 0 Å². The quantitative estimate of drug-likeness (QED) is 0.413. The predicted molar refractivity (Wildman–Crippen MR) is 159 cm³/mol. The van der Waals surface area contributed by atoms with Crippen LogP contribution in [0.15, 0.2) is 30.5 Å². The lowest BCUT2D eigenvalue weighted by atomic mass is 9.84. The molecule has 6 rings (SSSR count). The first-order valence-electron chi connectivity index (χ1n) is 14.3. The molecule has 1 aliphatic carbocycles. The zero-order valence-corrected chi connectivity index (χ0v) is 25.0. The Morgan fingerprint density at radius 3 is 2.43 bits per heavy atom. The third-order valence-corrected chi connectivity index (χ3v) is 9.34. The van der Waals surface area contributed by atoms with Crippen molar-refractivity contribution >= 4 is 40.8 Å². The van der Waals surface area contributed by atoms with Crippen molar-refractivity contribution in [2.45, 2.75) is 64.3 Å². The van der Waals surface area contributed by atoms with Crippen molar-refractivity contribution < 1.29 is 19.1 Å². The van der Waals surface area contributed by atoms with Gasteiger partial charge in [0.15, 0.2) is 5.82 Å². The highest BCUT2D eigenvalue weighted by molar-refractivity contribution is 6.30. The largest absolute Gasteiger partial charge is 0.478 e. The van der Waals surface area contributed by atoms with E-state index < -0.39 is 17.3 Å². The lowest BCUT2D eigenvalue weighted by molar-refractivity contribution is 0.0505. The summed E-state index contributed by atoms with van der Waals surface area (Å²) in [6.45, 7) is 9.67. The van der Waals surface area contributed by atoms with E-state index in [9.17, 15) is 19.1 Å². The van der Waals surface area contributed by atoms with Crippen LogP contribution in [0.25, 0.3) is 0 Å². The Morgan fingerprint density at radius 2 is 1.79 bits per heavy atom. The van der Waals surface area contributed by atoms with Crippen LogP contribution in [0.5, 0.6) is 0 Å². The molecule has 1 N–H and O–H groups in total. The highest BCUT2D eigenvalue weighted by Gasteiger charge is 2.48. The van der Waals surface area contributed by atoms with Gasteiger partial charge in [0.05, 0.1) is 33.7 Å². The third-order valence-electron chi connectivity index (χ3n) is 9.04. The summed E-state index contributed by atoms with van der Waals surface area (Å²) in [5.74, 6) is -0.281. The maximum atomic E-state index is 14.4. The summed E-state index contributed by atoms with van der Waals surface area (Å²) in [4.78, 5) is 45.8. The first kappa shape index (κ1) is 28.3. The molecule has 4 heterocycles. The first-order chi connectivity index (χ1) is 19.9.